The van der Waals surface area contributed by atoms with E-state index < -0.39 is 4.92 Å². The van der Waals surface area contributed by atoms with Gasteiger partial charge in [-0.05, 0) is 49.2 Å². The van der Waals surface area contributed by atoms with Crippen molar-refractivity contribution < 1.29 is 14.1 Å². The van der Waals surface area contributed by atoms with Gasteiger partial charge in [-0.25, -0.2) is 0 Å². The van der Waals surface area contributed by atoms with Gasteiger partial charge in [-0.1, -0.05) is 18.2 Å². The average molecular weight is 336 g/mol. The molecule has 0 radical (unpaired) electrons. The molecule has 0 aliphatic heterocycles. The second kappa shape index (κ2) is 6.60. The summed E-state index contributed by atoms with van der Waals surface area (Å²) < 4.78 is 5.56. The Balaban J connectivity index is 1.81. The minimum atomic E-state index is -0.472. The van der Waals surface area contributed by atoms with Crippen LogP contribution in [-0.4, -0.2) is 10.8 Å². The van der Waals surface area contributed by atoms with Crippen LogP contribution in [0.4, 0.5) is 11.4 Å². The van der Waals surface area contributed by atoms with Crippen molar-refractivity contribution in [1.29, 1.82) is 0 Å². The van der Waals surface area contributed by atoms with E-state index in [0.717, 1.165) is 11.1 Å². The number of carbonyl (C=O) groups is 1. The molecule has 2 aromatic carbocycles. The molecule has 0 saturated carbocycles. The van der Waals surface area contributed by atoms with Crippen molar-refractivity contribution in [3.05, 3.63) is 81.6 Å². The number of amides is 1. The highest BCUT2D eigenvalue weighted by molar-refractivity contribution is 6.02. The number of hydrogen-bond donors (Lipinski definition) is 1. The number of rotatable bonds is 4. The summed E-state index contributed by atoms with van der Waals surface area (Å²) in [7, 11) is 0. The van der Waals surface area contributed by atoms with Crippen LogP contribution in [0.5, 0.6) is 0 Å². The van der Waals surface area contributed by atoms with Crippen molar-refractivity contribution in [2.75, 3.05) is 5.32 Å². The zero-order valence-electron chi connectivity index (χ0n) is 13.8. The Labute approximate surface area is 144 Å². The summed E-state index contributed by atoms with van der Waals surface area (Å²) in [5.74, 6) is 0.161. The van der Waals surface area contributed by atoms with Crippen LogP contribution < -0.4 is 5.32 Å². The van der Waals surface area contributed by atoms with E-state index in [2.05, 4.69) is 5.32 Å². The quantitative estimate of drug-likeness (QED) is 0.551. The fourth-order valence-corrected chi connectivity index (χ4v) is 2.40. The molecule has 1 heterocycles. The third kappa shape index (κ3) is 3.58. The van der Waals surface area contributed by atoms with Crippen LogP contribution in [0.1, 0.15) is 21.7 Å². The van der Waals surface area contributed by atoms with Crippen molar-refractivity contribution >= 4 is 17.3 Å². The van der Waals surface area contributed by atoms with E-state index in [9.17, 15) is 14.9 Å². The van der Waals surface area contributed by atoms with Gasteiger partial charge in [0.25, 0.3) is 11.6 Å². The van der Waals surface area contributed by atoms with Crippen molar-refractivity contribution in [2.24, 2.45) is 0 Å². The van der Waals surface area contributed by atoms with Gasteiger partial charge in [0.05, 0.1) is 4.92 Å². The van der Waals surface area contributed by atoms with E-state index in [0.29, 0.717) is 17.0 Å². The number of nitro groups is 1. The first-order valence-electron chi connectivity index (χ1n) is 7.67. The topological polar surface area (TPSA) is 85.4 Å². The number of anilines is 1. The Hall–Kier alpha value is -3.41. The Kier molecular flexibility index (Phi) is 4.35. The highest BCUT2D eigenvalue weighted by atomic mass is 16.6. The number of non-ortho nitro benzene ring substituents is 1. The van der Waals surface area contributed by atoms with E-state index in [1.54, 1.807) is 24.3 Å². The van der Waals surface area contributed by atoms with Gasteiger partial charge in [-0.15, -0.1) is 0 Å². The van der Waals surface area contributed by atoms with Crippen LogP contribution in [-0.2, 0) is 0 Å². The molecule has 6 heteroatoms. The smallest absolute Gasteiger partial charge is 0.291 e. The second-order valence-electron chi connectivity index (χ2n) is 5.72. The minimum absolute atomic E-state index is 0.0324. The molecule has 1 N–H and O–H groups in total. The number of furan rings is 1. The molecule has 6 nitrogen and oxygen atoms in total. The van der Waals surface area contributed by atoms with Crippen molar-refractivity contribution in [1.82, 2.24) is 0 Å². The van der Waals surface area contributed by atoms with Crippen molar-refractivity contribution in [3.63, 3.8) is 0 Å². The number of aryl methyl sites for hydroxylation is 2. The normalized spacial score (nSPS) is 10.5. The van der Waals surface area contributed by atoms with Gasteiger partial charge < -0.3 is 9.73 Å². The van der Waals surface area contributed by atoms with Gasteiger partial charge >= 0.3 is 0 Å². The second-order valence-corrected chi connectivity index (χ2v) is 5.72. The Morgan fingerprint density at radius 3 is 2.56 bits per heavy atom. The number of nitro benzene ring substituents is 1. The number of nitrogens with one attached hydrogen (secondary N) is 1. The van der Waals surface area contributed by atoms with Crippen LogP contribution >= 0.6 is 0 Å². The number of nitrogens with zero attached hydrogens (tertiary/aromatic N) is 1. The SMILES string of the molecule is Cc1ccc(NC(=O)c2ccc(-c3cccc([N+](=O)[O-])c3)o2)cc1C. The van der Waals surface area contributed by atoms with Crippen molar-refractivity contribution in [2.45, 2.75) is 13.8 Å². The number of benzene rings is 2. The van der Waals surface area contributed by atoms with Crippen LogP contribution in [0.25, 0.3) is 11.3 Å². The monoisotopic (exact) mass is 336 g/mol. The van der Waals surface area contributed by atoms with Gasteiger partial charge in [0.1, 0.15) is 5.76 Å². The number of hydrogen-bond acceptors (Lipinski definition) is 4. The molecule has 1 aromatic heterocycles. The first-order chi connectivity index (χ1) is 11.9. The predicted octanol–water partition coefficient (Wildman–Crippen LogP) is 4.72. The summed E-state index contributed by atoms with van der Waals surface area (Å²) in [6.45, 7) is 3.97. The summed E-state index contributed by atoms with van der Waals surface area (Å²) in [4.78, 5) is 22.7. The fourth-order valence-electron chi connectivity index (χ4n) is 2.40. The first kappa shape index (κ1) is 16.4. The standard InChI is InChI=1S/C19H16N2O4/c1-12-6-7-15(10-13(12)2)20-19(22)18-9-8-17(25-18)14-4-3-5-16(11-14)21(23)24/h3-11H,1-2H3,(H,20,22). The summed E-state index contributed by atoms with van der Waals surface area (Å²) >= 11 is 0. The molecular weight excluding hydrogens is 320 g/mol. The number of carbonyl (C=O) groups excluding carboxylic acids is 1. The van der Waals surface area contributed by atoms with Gasteiger partial charge in [-0.3, -0.25) is 14.9 Å². The lowest BCUT2D eigenvalue weighted by Gasteiger charge is -2.06. The lowest BCUT2D eigenvalue weighted by atomic mass is 10.1. The minimum Gasteiger partial charge on any atom is -0.451 e. The summed E-state index contributed by atoms with van der Waals surface area (Å²) in [6, 6.07) is 14.9. The molecular formula is C19H16N2O4. The molecule has 0 spiro atoms. The lowest BCUT2D eigenvalue weighted by Crippen LogP contribution is -2.10. The summed E-state index contributed by atoms with van der Waals surface area (Å²) in [5, 5.41) is 13.6. The molecule has 0 aliphatic rings. The molecule has 3 rings (SSSR count). The zero-order valence-corrected chi connectivity index (χ0v) is 13.8. The third-order valence-corrected chi connectivity index (χ3v) is 3.94. The van der Waals surface area contributed by atoms with Crippen LogP contribution in [0.2, 0.25) is 0 Å². The van der Waals surface area contributed by atoms with E-state index in [1.165, 1.54) is 12.1 Å². The van der Waals surface area contributed by atoms with Gasteiger partial charge in [0.15, 0.2) is 5.76 Å². The van der Waals surface area contributed by atoms with Gasteiger partial charge in [0.2, 0.25) is 0 Å². The summed E-state index contributed by atoms with van der Waals surface area (Å²) in [5.41, 5.74) is 3.41. The molecule has 1 amide bonds. The van der Waals surface area contributed by atoms with E-state index in [-0.39, 0.29) is 17.4 Å². The predicted molar refractivity (Wildman–Crippen MR) is 94.7 cm³/mol. The largest absolute Gasteiger partial charge is 0.451 e. The zero-order chi connectivity index (χ0) is 18.0. The maximum Gasteiger partial charge on any atom is 0.291 e. The molecule has 0 bridgehead atoms. The molecule has 3 aromatic rings. The Morgan fingerprint density at radius 2 is 1.84 bits per heavy atom. The summed E-state index contributed by atoms with van der Waals surface area (Å²) in [6.07, 6.45) is 0. The van der Waals surface area contributed by atoms with Gasteiger partial charge in [-0.2, -0.15) is 0 Å². The maximum atomic E-state index is 12.3. The van der Waals surface area contributed by atoms with Crippen LogP contribution in [0.15, 0.2) is 59.0 Å². The molecule has 0 unspecified atom stereocenters. The van der Waals surface area contributed by atoms with Crippen molar-refractivity contribution in [3.8, 4) is 11.3 Å². The molecule has 126 valence electrons. The molecule has 0 saturated heterocycles. The maximum absolute atomic E-state index is 12.3. The molecule has 25 heavy (non-hydrogen) atoms. The van der Waals surface area contributed by atoms with Crippen LogP contribution in [0.3, 0.4) is 0 Å². The van der Waals surface area contributed by atoms with E-state index >= 15 is 0 Å². The molecule has 0 aliphatic carbocycles. The van der Waals surface area contributed by atoms with Gasteiger partial charge in [0, 0.05) is 23.4 Å². The van der Waals surface area contributed by atoms with Crippen LogP contribution in [0, 0.1) is 24.0 Å². The highest BCUT2D eigenvalue weighted by Crippen LogP contribution is 2.26. The average Bonchev–Trinajstić information content (AvgIpc) is 3.08. The first-order valence-corrected chi connectivity index (χ1v) is 7.67. The highest BCUT2D eigenvalue weighted by Gasteiger charge is 2.14. The Bertz CT molecular complexity index is 960. The lowest BCUT2D eigenvalue weighted by molar-refractivity contribution is -0.384. The fraction of sp³-hybridized carbons (Fsp3) is 0.105. The molecule has 0 fully saturated rings. The van der Waals surface area contributed by atoms with E-state index in [4.69, 9.17) is 4.42 Å². The molecule has 0 atom stereocenters. The van der Waals surface area contributed by atoms with E-state index in [1.807, 2.05) is 32.0 Å². The Morgan fingerprint density at radius 1 is 1.04 bits per heavy atom. The third-order valence-electron chi connectivity index (χ3n) is 3.94.